The number of aryl methyl sites for hydroxylation is 1. The van der Waals surface area contributed by atoms with Gasteiger partial charge in [-0.15, -0.1) is 0 Å². The van der Waals surface area contributed by atoms with E-state index in [1.807, 2.05) is 18.2 Å². The van der Waals surface area contributed by atoms with E-state index in [9.17, 15) is 0 Å². The number of benzene rings is 2. The molecule has 0 aliphatic heterocycles. The maximum absolute atomic E-state index is 9.10. The monoisotopic (exact) mass is 308 g/mol. The van der Waals surface area contributed by atoms with Crippen molar-refractivity contribution in [2.24, 2.45) is 0 Å². The summed E-state index contributed by atoms with van der Waals surface area (Å²) in [5.41, 5.74) is 2.18. The van der Waals surface area contributed by atoms with Crippen LogP contribution in [0.5, 0.6) is 0 Å². The van der Waals surface area contributed by atoms with Crippen molar-refractivity contribution in [1.29, 1.82) is 0 Å². The fourth-order valence-electron chi connectivity index (χ4n) is 1.53. The van der Waals surface area contributed by atoms with Gasteiger partial charge in [-0.2, -0.15) is 0 Å². The fourth-order valence-corrected chi connectivity index (χ4v) is 3.17. The first-order chi connectivity index (χ1) is 8.19. The quantitative estimate of drug-likeness (QED) is 0.907. The summed E-state index contributed by atoms with van der Waals surface area (Å²) in [4.78, 5) is 2.40. The normalized spacial score (nSPS) is 10.5. The van der Waals surface area contributed by atoms with Crippen LogP contribution in [0.2, 0.25) is 0 Å². The minimum Gasteiger partial charge on any atom is -0.392 e. The highest BCUT2D eigenvalue weighted by Crippen LogP contribution is 2.31. The Morgan fingerprint density at radius 2 is 1.88 bits per heavy atom. The second-order valence-corrected chi connectivity index (χ2v) is 5.83. The number of aliphatic hydroxyl groups is 1. The van der Waals surface area contributed by atoms with Gasteiger partial charge in [-0.05, 0) is 36.8 Å². The molecule has 0 bridgehead atoms. The van der Waals surface area contributed by atoms with Gasteiger partial charge in [0.2, 0.25) is 0 Å². The van der Waals surface area contributed by atoms with Crippen molar-refractivity contribution in [2.45, 2.75) is 23.3 Å². The molecule has 88 valence electrons. The predicted molar refractivity (Wildman–Crippen MR) is 75.4 cm³/mol. The largest absolute Gasteiger partial charge is 0.392 e. The summed E-state index contributed by atoms with van der Waals surface area (Å²) < 4.78 is 0.956. The van der Waals surface area contributed by atoms with E-state index >= 15 is 0 Å². The Bertz CT molecular complexity index is 525. The highest BCUT2D eigenvalue weighted by Gasteiger charge is 2.02. The first-order valence-corrected chi connectivity index (χ1v) is 6.94. The van der Waals surface area contributed by atoms with E-state index in [1.165, 1.54) is 15.4 Å². The zero-order valence-electron chi connectivity index (χ0n) is 9.48. The van der Waals surface area contributed by atoms with E-state index in [1.54, 1.807) is 11.8 Å². The van der Waals surface area contributed by atoms with Crippen molar-refractivity contribution < 1.29 is 5.11 Å². The maximum atomic E-state index is 9.10. The maximum Gasteiger partial charge on any atom is 0.0692 e. The second-order valence-electron chi connectivity index (χ2n) is 3.83. The first-order valence-electron chi connectivity index (χ1n) is 5.33. The molecule has 0 atom stereocenters. The standard InChI is InChI=1S/C14H13BrOS/c1-10-3-2-4-12(7-10)17-13-6-5-11(9-16)14(15)8-13/h2-8,16H,9H2,1H3. The lowest BCUT2D eigenvalue weighted by molar-refractivity contribution is 0.281. The van der Waals surface area contributed by atoms with Crippen molar-refractivity contribution in [3.05, 3.63) is 58.1 Å². The summed E-state index contributed by atoms with van der Waals surface area (Å²) >= 11 is 5.19. The predicted octanol–water partition coefficient (Wildman–Crippen LogP) is 4.40. The molecular formula is C14H13BrOS. The second kappa shape index (κ2) is 5.71. The molecule has 2 aromatic rings. The molecule has 0 radical (unpaired) electrons. The van der Waals surface area contributed by atoms with Crippen LogP contribution in [0.4, 0.5) is 0 Å². The minimum absolute atomic E-state index is 0.0655. The van der Waals surface area contributed by atoms with E-state index in [0.717, 1.165) is 10.0 Å². The van der Waals surface area contributed by atoms with Gasteiger partial charge in [0, 0.05) is 14.3 Å². The third-order valence-corrected chi connectivity index (χ3v) is 4.14. The Hall–Kier alpha value is -0.770. The average molecular weight is 309 g/mol. The Kier molecular flexibility index (Phi) is 4.26. The molecule has 1 nitrogen and oxygen atoms in total. The van der Waals surface area contributed by atoms with Crippen LogP contribution in [0.15, 0.2) is 56.7 Å². The van der Waals surface area contributed by atoms with Gasteiger partial charge in [0.1, 0.15) is 0 Å². The van der Waals surface area contributed by atoms with Gasteiger partial charge in [0.05, 0.1) is 6.61 Å². The summed E-state index contributed by atoms with van der Waals surface area (Å²) in [6, 6.07) is 14.4. The molecule has 0 aromatic heterocycles. The highest BCUT2D eigenvalue weighted by atomic mass is 79.9. The number of hydrogen-bond donors (Lipinski definition) is 1. The summed E-state index contributed by atoms with van der Waals surface area (Å²) in [7, 11) is 0. The Morgan fingerprint density at radius 1 is 1.12 bits per heavy atom. The van der Waals surface area contributed by atoms with Crippen LogP contribution in [-0.2, 0) is 6.61 Å². The van der Waals surface area contributed by atoms with Crippen LogP contribution in [0.1, 0.15) is 11.1 Å². The van der Waals surface area contributed by atoms with Crippen LogP contribution in [0.3, 0.4) is 0 Å². The lowest BCUT2D eigenvalue weighted by Gasteiger charge is -2.06. The molecule has 3 heteroatoms. The molecule has 0 spiro atoms. The zero-order chi connectivity index (χ0) is 12.3. The summed E-state index contributed by atoms with van der Waals surface area (Å²) in [6.07, 6.45) is 0. The minimum atomic E-state index is 0.0655. The molecule has 0 amide bonds. The summed E-state index contributed by atoms with van der Waals surface area (Å²) in [5.74, 6) is 0. The molecule has 17 heavy (non-hydrogen) atoms. The Morgan fingerprint density at radius 3 is 2.53 bits per heavy atom. The van der Waals surface area contributed by atoms with Crippen molar-refractivity contribution in [3.8, 4) is 0 Å². The van der Waals surface area contributed by atoms with E-state index in [4.69, 9.17) is 5.11 Å². The van der Waals surface area contributed by atoms with Crippen LogP contribution in [0, 0.1) is 6.92 Å². The molecular weight excluding hydrogens is 296 g/mol. The SMILES string of the molecule is Cc1cccc(Sc2ccc(CO)c(Br)c2)c1. The van der Waals surface area contributed by atoms with Gasteiger partial charge in [-0.25, -0.2) is 0 Å². The van der Waals surface area contributed by atoms with Crippen LogP contribution in [0.25, 0.3) is 0 Å². The molecule has 0 unspecified atom stereocenters. The Labute approximate surface area is 114 Å². The average Bonchev–Trinajstić information content (AvgIpc) is 2.29. The number of rotatable bonds is 3. The van der Waals surface area contributed by atoms with E-state index in [2.05, 4.69) is 47.1 Å². The van der Waals surface area contributed by atoms with Crippen molar-refractivity contribution in [1.82, 2.24) is 0 Å². The van der Waals surface area contributed by atoms with E-state index in [-0.39, 0.29) is 6.61 Å². The first kappa shape index (κ1) is 12.7. The van der Waals surface area contributed by atoms with Gasteiger partial charge in [-0.3, -0.25) is 0 Å². The van der Waals surface area contributed by atoms with Crippen molar-refractivity contribution in [3.63, 3.8) is 0 Å². The van der Waals surface area contributed by atoms with Crippen LogP contribution in [-0.4, -0.2) is 5.11 Å². The third kappa shape index (κ3) is 3.35. The molecule has 0 saturated carbocycles. The van der Waals surface area contributed by atoms with Gasteiger partial charge in [-0.1, -0.05) is 51.5 Å². The zero-order valence-corrected chi connectivity index (χ0v) is 11.9. The molecule has 0 aliphatic rings. The molecule has 0 fully saturated rings. The number of aliphatic hydroxyl groups excluding tert-OH is 1. The lowest BCUT2D eigenvalue weighted by atomic mass is 10.2. The molecule has 0 aliphatic carbocycles. The fraction of sp³-hybridized carbons (Fsp3) is 0.143. The number of hydrogen-bond acceptors (Lipinski definition) is 2. The third-order valence-electron chi connectivity index (χ3n) is 2.42. The smallest absolute Gasteiger partial charge is 0.0692 e. The Balaban J connectivity index is 2.22. The van der Waals surface area contributed by atoms with Gasteiger partial charge < -0.3 is 5.11 Å². The van der Waals surface area contributed by atoms with Crippen LogP contribution >= 0.6 is 27.7 Å². The topological polar surface area (TPSA) is 20.2 Å². The summed E-state index contributed by atoms with van der Waals surface area (Å²) in [6.45, 7) is 2.16. The van der Waals surface area contributed by atoms with Crippen molar-refractivity contribution >= 4 is 27.7 Å². The van der Waals surface area contributed by atoms with E-state index < -0.39 is 0 Å². The highest BCUT2D eigenvalue weighted by molar-refractivity contribution is 9.10. The van der Waals surface area contributed by atoms with E-state index in [0.29, 0.717) is 0 Å². The molecule has 2 rings (SSSR count). The van der Waals surface area contributed by atoms with Gasteiger partial charge >= 0.3 is 0 Å². The molecule has 2 aromatic carbocycles. The van der Waals surface area contributed by atoms with Gasteiger partial charge in [0.15, 0.2) is 0 Å². The van der Waals surface area contributed by atoms with Gasteiger partial charge in [0.25, 0.3) is 0 Å². The molecule has 1 N–H and O–H groups in total. The summed E-state index contributed by atoms with van der Waals surface area (Å²) in [5, 5.41) is 9.10. The number of halogens is 1. The lowest BCUT2D eigenvalue weighted by Crippen LogP contribution is -1.85. The molecule has 0 saturated heterocycles. The molecule has 0 heterocycles. The van der Waals surface area contributed by atoms with Crippen molar-refractivity contribution in [2.75, 3.05) is 0 Å². The van der Waals surface area contributed by atoms with Crippen LogP contribution < -0.4 is 0 Å².